The highest BCUT2D eigenvalue weighted by molar-refractivity contribution is 5.53. The largest absolute Gasteiger partial charge is 0.504 e. The van der Waals surface area contributed by atoms with Crippen LogP contribution in [-0.2, 0) is 0 Å². The Labute approximate surface area is 106 Å². The number of rotatable bonds is 1. The number of phenolic OH excluding ortho intramolecular Hbond substituents is 1. The third-order valence-electron chi connectivity index (χ3n) is 3.45. The molecule has 0 radical (unpaired) electrons. The molecule has 0 bridgehead atoms. The van der Waals surface area contributed by atoms with Gasteiger partial charge in [0.2, 0.25) is 0 Å². The van der Waals surface area contributed by atoms with Gasteiger partial charge in [-0.15, -0.1) is 0 Å². The zero-order chi connectivity index (χ0) is 12.4. The third kappa shape index (κ3) is 2.08. The van der Waals surface area contributed by atoms with E-state index in [9.17, 15) is 5.11 Å². The van der Waals surface area contributed by atoms with Gasteiger partial charge in [-0.3, -0.25) is 0 Å². The molecule has 0 aliphatic carbocycles. The van der Waals surface area contributed by atoms with Crippen molar-refractivity contribution >= 4 is 12.3 Å². The van der Waals surface area contributed by atoms with Crippen LogP contribution in [0.5, 0.6) is 11.5 Å². The van der Waals surface area contributed by atoms with Crippen LogP contribution in [0.3, 0.4) is 0 Å². The standard InChI is InChI=1S/C15H17NO2/c17-14-13(11-16-8-2-1-3-9-16)7-6-12-5-4-10-18-15(12)14/h4-7,10-11,17H,1-3,8-9H2. The summed E-state index contributed by atoms with van der Waals surface area (Å²) in [6.07, 6.45) is 11.2. The van der Waals surface area contributed by atoms with Crippen LogP contribution in [0.1, 0.15) is 19.3 Å². The molecule has 0 aromatic heterocycles. The summed E-state index contributed by atoms with van der Waals surface area (Å²) in [6, 6.07) is 3.93. The minimum atomic E-state index is 0.235. The maximum atomic E-state index is 10.2. The highest BCUT2D eigenvalue weighted by Gasteiger charge is 2.10. The van der Waals surface area contributed by atoms with E-state index in [0.717, 1.165) is 23.5 Å². The summed E-state index contributed by atoms with van der Waals surface area (Å²) in [7, 11) is 0. The molecule has 0 atom stereocenters. The first kappa shape index (κ1) is 11.2. The second kappa shape index (κ2) is 4.77. The molecule has 0 spiro atoms. The molecule has 0 unspecified atom stereocenters. The average molecular weight is 243 g/mol. The summed E-state index contributed by atoms with van der Waals surface area (Å²) in [5.41, 5.74) is 0. The molecule has 1 fully saturated rings. The summed E-state index contributed by atoms with van der Waals surface area (Å²) in [5, 5.41) is 12.0. The molecule has 0 saturated carbocycles. The van der Waals surface area contributed by atoms with E-state index in [1.165, 1.54) is 19.3 Å². The number of nitrogens with zero attached hydrogens (tertiary/aromatic N) is 1. The Kier molecular flexibility index (Phi) is 2.97. The van der Waals surface area contributed by atoms with Gasteiger partial charge in [0.05, 0.1) is 6.26 Å². The summed E-state index contributed by atoms with van der Waals surface area (Å²) in [4.78, 5) is 2.27. The van der Waals surface area contributed by atoms with Crippen molar-refractivity contribution in [1.82, 2.24) is 4.90 Å². The molecule has 2 aliphatic heterocycles. The van der Waals surface area contributed by atoms with Crippen LogP contribution in [0.4, 0.5) is 0 Å². The average Bonchev–Trinajstić information content (AvgIpc) is 2.43. The van der Waals surface area contributed by atoms with Crippen LogP contribution in [0.25, 0.3) is 12.3 Å². The minimum absolute atomic E-state index is 0.235. The van der Waals surface area contributed by atoms with Gasteiger partial charge in [0, 0.05) is 29.7 Å². The lowest BCUT2D eigenvalue weighted by Gasteiger charge is -2.25. The Bertz CT molecular complexity index is 583. The molecular weight excluding hydrogens is 226 g/mol. The van der Waals surface area contributed by atoms with Crippen molar-refractivity contribution in [2.24, 2.45) is 0 Å². The predicted octanol–water partition coefficient (Wildman–Crippen LogP) is 1.30. The van der Waals surface area contributed by atoms with Crippen molar-refractivity contribution in [2.75, 3.05) is 13.1 Å². The van der Waals surface area contributed by atoms with E-state index < -0.39 is 0 Å². The smallest absolute Gasteiger partial charge is 0.176 e. The number of aromatic hydroxyl groups is 1. The molecule has 18 heavy (non-hydrogen) atoms. The highest BCUT2D eigenvalue weighted by atomic mass is 16.5. The summed E-state index contributed by atoms with van der Waals surface area (Å²) in [6.45, 7) is 2.15. The number of phenols is 1. The van der Waals surface area contributed by atoms with Gasteiger partial charge in [0.1, 0.15) is 0 Å². The van der Waals surface area contributed by atoms with Gasteiger partial charge < -0.3 is 14.7 Å². The molecule has 3 heteroatoms. The van der Waals surface area contributed by atoms with Gasteiger partial charge in [0.15, 0.2) is 11.5 Å². The van der Waals surface area contributed by atoms with Crippen LogP contribution < -0.4 is 15.2 Å². The molecule has 1 N–H and O–H groups in total. The second-order valence-electron chi connectivity index (χ2n) is 4.76. The van der Waals surface area contributed by atoms with Crippen molar-refractivity contribution in [3.05, 3.63) is 34.9 Å². The molecule has 2 heterocycles. The molecule has 0 amide bonds. The summed E-state index contributed by atoms with van der Waals surface area (Å²) >= 11 is 0. The van der Waals surface area contributed by atoms with Gasteiger partial charge in [0.25, 0.3) is 0 Å². The fourth-order valence-corrected chi connectivity index (χ4v) is 2.46. The summed E-state index contributed by atoms with van der Waals surface area (Å²) < 4.78 is 5.38. The molecule has 1 aromatic rings. The quantitative estimate of drug-likeness (QED) is 0.807. The number of likely N-dealkylation sites (tertiary alicyclic amines) is 1. The molecule has 1 saturated heterocycles. The van der Waals surface area contributed by atoms with E-state index in [4.69, 9.17) is 4.74 Å². The van der Waals surface area contributed by atoms with Crippen LogP contribution in [0.2, 0.25) is 0 Å². The molecule has 3 nitrogen and oxygen atoms in total. The monoisotopic (exact) mass is 243 g/mol. The van der Waals surface area contributed by atoms with Gasteiger partial charge in [-0.25, -0.2) is 0 Å². The van der Waals surface area contributed by atoms with E-state index in [0.29, 0.717) is 5.75 Å². The van der Waals surface area contributed by atoms with E-state index in [1.54, 1.807) is 6.26 Å². The van der Waals surface area contributed by atoms with E-state index in [1.807, 2.05) is 30.5 Å². The molecule has 94 valence electrons. The maximum Gasteiger partial charge on any atom is 0.176 e. The molecular formula is C15H17NO2. The first-order valence-corrected chi connectivity index (χ1v) is 6.46. The zero-order valence-electron chi connectivity index (χ0n) is 10.3. The molecule has 1 aromatic carbocycles. The van der Waals surface area contributed by atoms with Crippen LogP contribution in [0, 0.1) is 0 Å². The minimum Gasteiger partial charge on any atom is -0.504 e. The third-order valence-corrected chi connectivity index (χ3v) is 3.45. The Hall–Kier alpha value is -1.90. The zero-order valence-corrected chi connectivity index (χ0v) is 10.3. The van der Waals surface area contributed by atoms with Crippen molar-refractivity contribution in [3.8, 4) is 11.5 Å². The van der Waals surface area contributed by atoms with E-state index >= 15 is 0 Å². The van der Waals surface area contributed by atoms with Gasteiger partial charge in [-0.2, -0.15) is 0 Å². The fraction of sp³-hybridized carbons (Fsp3) is 0.333. The normalized spacial score (nSPS) is 19.1. The van der Waals surface area contributed by atoms with Gasteiger partial charge >= 0.3 is 0 Å². The fourth-order valence-electron chi connectivity index (χ4n) is 2.46. The van der Waals surface area contributed by atoms with Crippen LogP contribution in [0.15, 0.2) is 24.5 Å². The SMILES string of the molecule is Oc1c2c(ccc1=CN1CCCCC1)=CC=CO2. The van der Waals surface area contributed by atoms with Crippen molar-refractivity contribution in [2.45, 2.75) is 19.3 Å². The number of fused-ring (bicyclic) bond motifs is 1. The van der Waals surface area contributed by atoms with Crippen LogP contribution >= 0.6 is 0 Å². The van der Waals surface area contributed by atoms with Crippen molar-refractivity contribution in [3.63, 3.8) is 0 Å². The topological polar surface area (TPSA) is 32.7 Å². The number of benzene rings is 1. The molecule has 2 aliphatic rings. The lowest BCUT2D eigenvalue weighted by molar-refractivity contribution is 0.334. The van der Waals surface area contributed by atoms with E-state index in [-0.39, 0.29) is 5.75 Å². The molecule has 3 rings (SSSR count). The number of ether oxygens (including phenoxy) is 1. The van der Waals surface area contributed by atoms with Crippen molar-refractivity contribution < 1.29 is 9.84 Å². The lowest BCUT2D eigenvalue weighted by Crippen LogP contribution is -2.27. The van der Waals surface area contributed by atoms with E-state index in [2.05, 4.69) is 4.90 Å². The second-order valence-corrected chi connectivity index (χ2v) is 4.76. The first-order valence-electron chi connectivity index (χ1n) is 6.46. The summed E-state index contributed by atoms with van der Waals surface area (Å²) in [5.74, 6) is 0.793. The lowest BCUT2D eigenvalue weighted by atomic mass is 10.1. The Morgan fingerprint density at radius 2 is 2.00 bits per heavy atom. The van der Waals surface area contributed by atoms with Gasteiger partial charge in [-0.1, -0.05) is 6.07 Å². The number of hydrogen-bond acceptors (Lipinski definition) is 3. The van der Waals surface area contributed by atoms with Gasteiger partial charge in [-0.05, 0) is 37.5 Å². The predicted molar refractivity (Wildman–Crippen MR) is 71.5 cm³/mol. The van der Waals surface area contributed by atoms with Crippen molar-refractivity contribution in [1.29, 1.82) is 0 Å². The Morgan fingerprint density at radius 1 is 1.17 bits per heavy atom. The number of hydrogen-bond donors (Lipinski definition) is 1. The highest BCUT2D eigenvalue weighted by Crippen LogP contribution is 2.18. The maximum absolute atomic E-state index is 10.2. The Morgan fingerprint density at radius 3 is 2.83 bits per heavy atom. The Balaban J connectivity index is 2.01. The number of allylic oxidation sites excluding steroid dienone is 1. The number of piperidine rings is 1. The first-order chi connectivity index (χ1) is 8.84. The van der Waals surface area contributed by atoms with Crippen LogP contribution in [-0.4, -0.2) is 23.1 Å².